The quantitative estimate of drug-likeness (QED) is 0.0239. The summed E-state index contributed by atoms with van der Waals surface area (Å²) >= 11 is 0. The number of hydrogen-bond acceptors (Lipinski definition) is 16. The Morgan fingerprint density at radius 1 is 0.760 bits per heavy atom. The molecule has 2 aromatic rings. The fourth-order valence-corrected chi connectivity index (χ4v) is 12.7. The average molecular weight is 1420 g/mol. The van der Waals surface area contributed by atoms with E-state index in [0.717, 1.165) is 29.5 Å². The summed E-state index contributed by atoms with van der Waals surface area (Å²) in [6.07, 6.45) is -2.71. The number of carboxylic acid groups (broad SMARTS) is 1. The van der Waals surface area contributed by atoms with Crippen LogP contribution >= 0.6 is 0 Å². The fraction of sp³-hybridized carbons (Fsp3) is 0.690. The van der Waals surface area contributed by atoms with Gasteiger partial charge < -0.3 is 86.1 Å². The van der Waals surface area contributed by atoms with Crippen LogP contribution in [0.25, 0.3) is 0 Å². The third-order valence-electron chi connectivity index (χ3n) is 18.1. The Kier molecular flexibility index (Phi) is 34.2. The number of carbonyl (C=O) groups is 10. The largest absolute Gasteiger partial charge is 0.542 e. The van der Waals surface area contributed by atoms with Crippen LogP contribution < -0.4 is 48.1 Å². The Bertz CT molecular complexity index is 3040. The molecule has 0 aromatic heterocycles. The standard InChI is InChI=1S/C69H113N11O13.C2HF3O2/c1-19-44(6)58(54(90-17)39-55(81)79-35-26-30-52(79)59(91-18)45(7)60(82)75-51(65(87)92-68(8,9)10)37-46-27-21-20-22-28-46)78(15)64(86)57(43(4)5)76-62(84)53-31-23-24-36-80(53,16)41-47-32-33-49(38-48(47)40-71-14)73-61(83)50(29-25-34-72-66(70)88)74-63(85)56(42(2)3)77-67(89)93-69(11,12)13;3-2(4,5)1(6)7/h20-22,27-28,32-33,38,42-45,50-54,56-59,71H,19,23-26,29-31,34-37,39-41H2,1-18H3,(H7-,70,72,73,74,75,76,77,82,83,84,85,88,89);(H,6,7)/t44-,45+,50-,51-,52-,53-,54+,56-,57-,58-,59+,80?;/m0./s1. The van der Waals surface area contributed by atoms with Crippen molar-refractivity contribution in [2.45, 2.75) is 239 Å². The smallest absolute Gasteiger partial charge is 0.430 e. The van der Waals surface area contributed by atoms with Gasteiger partial charge in [-0.05, 0) is 128 Å². The van der Waals surface area contributed by atoms with Crippen molar-refractivity contribution in [2.75, 3.05) is 60.3 Å². The van der Waals surface area contributed by atoms with E-state index in [1.165, 1.54) is 14.2 Å². The molecule has 0 spiro atoms. The normalized spacial score (nSPS) is 19.1. The first-order chi connectivity index (χ1) is 46.5. The van der Waals surface area contributed by atoms with Crippen LogP contribution in [0.4, 0.5) is 28.4 Å². The number of nitrogens with two attached hydrogens (primary N) is 1. The molecule has 4 rings (SSSR count). The molecule has 2 heterocycles. The summed E-state index contributed by atoms with van der Waals surface area (Å²) in [5.74, 6) is -7.47. The van der Waals surface area contributed by atoms with Crippen LogP contribution in [0.5, 0.6) is 0 Å². The van der Waals surface area contributed by atoms with Gasteiger partial charge in [0.05, 0.1) is 50.2 Å². The third kappa shape index (κ3) is 27.4. The first kappa shape index (κ1) is 86.6. The highest BCUT2D eigenvalue weighted by Crippen LogP contribution is 2.33. The van der Waals surface area contributed by atoms with Crippen molar-refractivity contribution >= 4 is 65.2 Å². The summed E-state index contributed by atoms with van der Waals surface area (Å²) < 4.78 is 55.3. The van der Waals surface area contributed by atoms with Gasteiger partial charge in [-0.3, -0.25) is 28.8 Å². The van der Waals surface area contributed by atoms with Crippen molar-refractivity contribution in [2.24, 2.45) is 29.4 Å². The molecule has 0 aliphatic carbocycles. The molecular weight excluding hydrogens is 1300 g/mol. The highest BCUT2D eigenvalue weighted by molar-refractivity contribution is 5.98. The van der Waals surface area contributed by atoms with Gasteiger partial charge in [0.25, 0.3) is 5.91 Å². The molecule has 9 N–H and O–H groups in total. The number of halogens is 3. The number of methoxy groups -OCH3 is 2. The highest BCUT2D eigenvalue weighted by Gasteiger charge is 2.46. The number of hydrogen-bond donors (Lipinski definition) is 8. The van der Waals surface area contributed by atoms with Crippen LogP contribution in [0.3, 0.4) is 0 Å². The van der Waals surface area contributed by atoms with Gasteiger partial charge in [0.1, 0.15) is 47.9 Å². The molecule has 2 saturated heterocycles. The fourth-order valence-electron chi connectivity index (χ4n) is 12.7. The summed E-state index contributed by atoms with van der Waals surface area (Å²) in [4.78, 5) is 137. The van der Waals surface area contributed by atoms with Crippen LogP contribution in [0.15, 0.2) is 48.5 Å². The molecule has 26 nitrogen and oxygen atoms in total. The molecule has 9 amide bonds. The summed E-state index contributed by atoms with van der Waals surface area (Å²) in [6, 6.07) is 8.66. The van der Waals surface area contributed by atoms with E-state index in [9.17, 15) is 51.5 Å². The number of likely N-dealkylation sites (tertiary alicyclic amines) is 2. The summed E-state index contributed by atoms with van der Waals surface area (Å²) in [7, 11) is 8.65. The Morgan fingerprint density at radius 3 is 1.91 bits per heavy atom. The number of piperidine rings is 1. The van der Waals surface area contributed by atoms with Gasteiger partial charge in [-0.25, -0.2) is 14.4 Å². The number of primary amides is 1. The molecule has 100 heavy (non-hydrogen) atoms. The molecule has 12 atom stereocenters. The molecule has 29 heteroatoms. The minimum Gasteiger partial charge on any atom is -0.542 e. The SMILES string of the molecule is CC[C@H](C)[C@@H]([C@@H](CC(=O)N1CCC[C@H]1[C@H](OC)[C@@H](C)C(=O)N[C@@H](Cc1ccccc1)C(=O)OC(C)(C)C)OC)N(C)C(=O)[C@@H](NC(=O)[C@@H]1CCCC[N+]1(C)Cc1ccc(NC(=O)[C@H](CCCNC(N)=O)NC(=O)[C@@H](NC(=O)OC(C)(C)C)C(C)C)cc1CNC)C(C)C.O=C([O-])C(F)(F)F. The molecule has 1 unspecified atom stereocenters. The van der Waals surface area contributed by atoms with Gasteiger partial charge in [-0.2, -0.15) is 13.2 Å². The number of benzene rings is 2. The number of nitrogens with one attached hydrogen (secondary N) is 7. The Morgan fingerprint density at radius 2 is 1.37 bits per heavy atom. The molecule has 2 fully saturated rings. The average Bonchev–Trinajstić information content (AvgIpc) is 0.850. The maximum atomic E-state index is 15.1. The number of urea groups is 1. The Labute approximate surface area is 588 Å². The predicted octanol–water partition coefficient (Wildman–Crippen LogP) is 5.76. The molecule has 0 saturated carbocycles. The van der Waals surface area contributed by atoms with E-state index in [4.69, 9.17) is 34.6 Å². The van der Waals surface area contributed by atoms with Gasteiger partial charge in [0, 0.05) is 65.0 Å². The van der Waals surface area contributed by atoms with E-state index in [-0.39, 0.29) is 61.3 Å². The molecule has 2 aliphatic heterocycles. The molecule has 0 radical (unpaired) electrons. The van der Waals surface area contributed by atoms with E-state index in [0.29, 0.717) is 68.5 Å². The monoisotopic (exact) mass is 1420 g/mol. The van der Waals surface area contributed by atoms with Crippen LogP contribution in [0.1, 0.15) is 164 Å². The van der Waals surface area contributed by atoms with Crippen LogP contribution in [-0.4, -0.2) is 201 Å². The lowest BCUT2D eigenvalue weighted by atomic mass is 9.89. The predicted molar refractivity (Wildman–Crippen MR) is 369 cm³/mol. The second-order valence-electron chi connectivity index (χ2n) is 29.1. The van der Waals surface area contributed by atoms with Crippen molar-refractivity contribution in [3.8, 4) is 0 Å². The summed E-state index contributed by atoms with van der Waals surface area (Å²) in [6.45, 7) is 25.7. The maximum Gasteiger partial charge on any atom is 0.430 e. The number of amides is 9. The first-order valence-corrected chi connectivity index (χ1v) is 34.5. The lowest BCUT2D eigenvalue weighted by Gasteiger charge is -2.45. The number of nitrogens with zero attached hydrogens (tertiary/aromatic N) is 3. The molecular formula is C71H114F3N11O15. The van der Waals surface area contributed by atoms with Crippen molar-refractivity contribution in [3.63, 3.8) is 0 Å². The second kappa shape index (κ2) is 39.5. The number of likely N-dealkylation sites (N-methyl/N-ethyl adjacent to an activating group) is 2. The van der Waals surface area contributed by atoms with Gasteiger partial charge in [-0.1, -0.05) is 91.3 Å². The topological polar surface area (TPSA) is 347 Å². The minimum absolute atomic E-state index is 0.0697. The number of rotatable bonds is 33. The number of alkyl halides is 3. The van der Waals surface area contributed by atoms with E-state index < -0.39 is 120 Å². The number of alkyl carbamates (subject to hydrolysis) is 1. The number of carboxylic acids is 1. The number of quaternary nitrogens is 1. The van der Waals surface area contributed by atoms with E-state index in [1.54, 1.807) is 85.2 Å². The van der Waals surface area contributed by atoms with Crippen molar-refractivity contribution in [3.05, 3.63) is 65.2 Å². The lowest BCUT2D eigenvalue weighted by Crippen LogP contribution is -2.64. The zero-order chi connectivity index (χ0) is 75.8. The Hall–Kier alpha value is -7.63. The molecule has 2 aliphatic rings. The summed E-state index contributed by atoms with van der Waals surface area (Å²) in [5, 5.41) is 29.1. The van der Waals surface area contributed by atoms with Crippen LogP contribution in [0.2, 0.25) is 0 Å². The molecule has 564 valence electrons. The lowest BCUT2D eigenvalue weighted by molar-refractivity contribution is -0.942. The highest BCUT2D eigenvalue weighted by atomic mass is 19.4. The zero-order valence-electron chi connectivity index (χ0n) is 61.9. The van der Waals surface area contributed by atoms with Crippen LogP contribution in [0, 0.1) is 23.7 Å². The molecule has 2 aromatic carbocycles. The van der Waals surface area contributed by atoms with Gasteiger partial charge in [-0.15, -0.1) is 0 Å². The number of aliphatic carboxylic acids is 1. The second-order valence-corrected chi connectivity index (χ2v) is 29.1. The zero-order valence-corrected chi connectivity index (χ0v) is 61.9. The van der Waals surface area contributed by atoms with E-state index in [2.05, 4.69) is 44.3 Å². The maximum absolute atomic E-state index is 15.1. The Balaban J connectivity index is 0.00000351. The first-order valence-electron chi connectivity index (χ1n) is 34.5. The number of esters is 1. The third-order valence-corrected chi connectivity index (χ3v) is 18.1. The molecule has 0 bridgehead atoms. The minimum atomic E-state index is -5.19. The van der Waals surface area contributed by atoms with Gasteiger partial charge in [0.15, 0.2) is 6.04 Å². The number of carbonyl (C=O) groups excluding carboxylic acids is 10. The van der Waals surface area contributed by atoms with E-state index >= 15 is 4.79 Å². The summed E-state index contributed by atoms with van der Waals surface area (Å²) in [5.41, 5.74) is 6.82. The van der Waals surface area contributed by atoms with Crippen LogP contribution in [-0.2, 0) is 76.8 Å². The van der Waals surface area contributed by atoms with Gasteiger partial charge >= 0.3 is 24.3 Å². The number of ether oxygens (including phenoxy) is 4. The van der Waals surface area contributed by atoms with Crippen molar-refractivity contribution in [1.82, 2.24) is 41.7 Å². The van der Waals surface area contributed by atoms with Crippen molar-refractivity contribution in [1.29, 1.82) is 0 Å². The van der Waals surface area contributed by atoms with Crippen molar-refractivity contribution < 1.29 is 89.7 Å². The van der Waals surface area contributed by atoms with E-state index in [1.807, 2.05) is 77.2 Å². The van der Waals surface area contributed by atoms with Gasteiger partial charge in [0.2, 0.25) is 29.5 Å². The number of anilines is 1.